The van der Waals surface area contributed by atoms with Crippen molar-refractivity contribution in [3.63, 3.8) is 0 Å². The van der Waals surface area contributed by atoms with Crippen LogP contribution in [0.15, 0.2) is 60.7 Å². The van der Waals surface area contributed by atoms with Crippen molar-refractivity contribution in [2.24, 2.45) is 0 Å². The topological polar surface area (TPSA) is 62.5 Å². The molecule has 0 spiro atoms. The summed E-state index contributed by atoms with van der Waals surface area (Å²) in [5, 5.41) is 14.5. The van der Waals surface area contributed by atoms with Crippen molar-refractivity contribution in [2.75, 3.05) is 37.6 Å². The molecule has 5 aromatic rings. The molecule has 3 aromatic heterocycles. The minimum Gasteiger partial charge on any atom is -0.368 e. The molecule has 6 rings (SSSR count). The molecule has 0 amide bonds. The van der Waals surface area contributed by atoms with E-state index in [-0.39, 0.29) is 0 Å². The number of anilines is 1. The molecule has 1 aliphatic heterocycles. The van der Waals surface area contributed by atoms with Crippen LogP contribution in [0.5, 0.6) is 0 Å². The lowest BCUT2D eigenvalue weighted by Gasteiger charge is -2.36. The van der Waals surface area contributed by atoms with Gasteiger partial charge in [0.2, 0.25) is 0 Å². The van der Waals surface area contributed by atoms with E-state index in [1.807, 2.05) is 17.5 Å². The van der Waals surface area contributed by atoms with Gasteiger partial charge in [0.15, 0.2) is 5.65 Å². The maximum absolute atomic E-state index is 4.70. The van der Waals surface area contributed by atoms with Gasteiger partial charge in [0, 0.05) is 54.9 Å². The van der Waals surface area contributed by atoms with Crippen LogP contribution in [-0.2, 0) is 6.42 Å². The number of tetrazole rings is 1. The van der Waals surface area contributed by atoms with E-state index in [1.165, 1.54) is 22.0 Å². The summed E-state index contributed by atoms with van der Waals surface area (Å²) < 4.78 is 1.82. The van der Waals surface area contributed by atoms with Crippen LogP contribution in [0.25, 0.3) is 27.5 Å². The quantitative estimate of drug-likeness (QED) is 0.441. The van der Waals surface area contributed by atoms with Crippen LogP contribution in [0.2, 0.25) is 0 Å². The van der Waals surface area contributed by atoms with Crippen molar-refractivity contribution in [1.29, 1.82) is 0 Å². The van der Waals surface area contributed by atoms with Gasteiger partial charge in [-0.3, -0.25) is 9.88 Å². The Labute approximate surface area is 186 Å². The lowest BCUT2D eigenvalue weighted by Crippen LogP contribution is -2.47. The second-order valence-electron chi connectivity index (χ2n) is 8.51. The van der Waals surface area contributed by atoms with Crippen LogP contribution in [0, 0.1) is 6.92 Å². The average Bonchev–Trinajstić information content (AvgIpc) is 3.32. The van der Waals surface area contributed by atoms with Crippen LogP contribution in [0.4, 0.5) is 5.69 Å². The highest BCUT2D eigenvalue weighted by atomic mass is 15.5. The summed E-state index contributed by atoms with van der Waals surface area (Å²) >= 11 is 0. The molecule has 7 nitrogen and oxygen atoms in total. The fourth-order valence-corrected chi connectivity index (χ4v) is 4.83. The van der Waals surface area contributed by atoms with Crippen molar-refractivity contribution in [3.8, 4) is 0 Å². The van der Waals surface area contributed by atoms with Crippen LogP contribution < -0.4 is 4.90 Å². The van der Waals surface area contributed by atoms with Gasteiger partial charge in [-0.25, -0.2) is 0 Å². The molecule has 4 heterocycles. The van der Waals surface area contributed by atoms with E-state index >= 15 is 0 Å². The number of pyridine rings is 2. The van der Waals surface area contributed by atoms with Crippen molar-refractivity contribution in [1.82, 2.24) is 29.9 Å². The number of aromatic nitrogens is 5. The van der Waals surface area contributed by atoms with E-state index in [0.29, 0.717) is 0 Å². The fraction of sp³-hybridized carbons (Fsp3) is 0.280. The number of rotatable bonds is 4. The predicted molar refractivity (Wildman–Crippen MR) is 127 cm³/mol. The molecule has 160 valence electrons. The molecule has 0 radical (unpaired) electrons. The second-order valence-corrected chi connectivity index (χ2v) is 8.51. The van der Waals surface area contributed by atoms with Crippen molar-refractivity contribution in [3.05, 3.63) is 71.9 Å². The molecule has 0 saturated carbocycles. The Balaban J connectivity index is 1.15. The number of piperazine rings is 1. The third-order valence-corrected chi connectivity index (χ3v) is 6.55. The van der Waals surface area contributed by atoms with E-state index in [9.17, 15) is 0 Å². The number of hydrogen-bond donors (Lipinski definition) is 0. The summed E-state index contributed by atoms with van der Waals surface area (Å²) in [4.78, 5) is 9.77. The van der Waals surface area contributed by atoms with Crippen molar-refractivity contribution < 1.29 is 0 Å². The highest BCUT2D eigenvalue weighted by Crippen LogP contribution is 2.27. The monoisotopic (exact) mass is 423 g/mol. The molecule has 7 heteroatoms. The first-order chi connectivity index (χ1) is 15.8. The highest BCUT2D eigenvalue weighted by Gasteiger charge is 2.19. The van der Waals surface area contributed by atoms with Gasteiger partial charge in [-0.2, -0.15) is 4.52 Å². The van der Waals surface area contributed by atoms with Crippen molar-refractivity contribution >= 4 is 33.1 Å². The Morgan fingerprint density at radius 3 is 2.59 bits per heavy atom. The highest BCUT2D eigenvalue weighted by molar-refractivity contribution is 5.92. The largest absolute Gasteiger partial charge is 0.368 e. The first-order valence-corrected chi connectivity index (χ1v) is 11.2. The molecule has 1 aliphatic rings. The van der Waals surface area contributed by atoms with Gasteiger partial charge in [-0.15, -0.1) is 5.10 Å². The molecule has 1 fully saturated rings. The molecule has 0 bridgehead atoms. The zero-order chi connectivity index (χ0) is 21.5. The zero-order valence-corrected chi connectivity index (χ0v) is 18.1. The molecule has 0 aliphatic carbocycles. The molecule has 0 unspecified atom stereocenters. The van der Waals surface area contributed by atoms with E-state index in [1.54, 1.807) is 0 Å². The Hall–Kier alpha value is -3.58. The predicted octanol–water partition coefficient (Wildman–Crippen LogP) is 3.50. The van der Waals surface area contributed by atoms with E-state index in [2.05, 4.69) is 79.9 Å². The summed E-state index contributed by atoms with van der Waals surface area (Å²) in [7, 11) is 0. The number of benzene rings is 2. The van der Waals surface area contributed by atoms with Gasteiger partial charge in [0.1, 0.15) is 0 Å². The number of hydrogen-bond acceptors (Lipinski definition) is 6. The van der Waals surface area contributed by atoms with E-state index < -0.39 is 0 Å². The van der Waals surface area contributed by atoms with Crippen molar-refractivity contribution in [2.45, 2.75) is 13.3 Å². The minimum absolute atomic E-state index is 0.782. The van der Waals surface area contributed by atoms with E-state index in [0.717, 1.165) is 61.5 Å². The smallest absolute Gasteiger partial charge is 0.179 e. The van der Waals surface area contributed by atoms with Crippen LogP contribution in [0.3, 0.4) is 0 Å². The normalized spacial score (nSPS) is 15.2. The number of aryl methyl sites for hydroxylation is 1. The Morgan fingerprint density at radius 2 is 1.69 bits per heavy atom. The van der Waals surface area contributed by atoms with Gasteiger partial charge < -0.3 is 4.90 Å². The molecule has 0 atom stereocenters. The van der Waals surface area contributed by atoms with Gasteiger partial charge in [-0.05, 0) is 71.8 Å². The maximum atomic E-state index is 4.70. The van der Waals surface area contributed by atoms with Gasteiger partial charge in [0.05, 0.1) is 11.0 Å². The maximum Gasteiger partial charge on any atom is 0.179 e. The molecule has 2 aromatic carbocycles. The first-order valence-electron chi connectivity index (χ1n) is 11.2. The summed E-state index contributed by atoms with van der Waals surface area (Å²) in [5.41, 5.74) is 6.64. The second kappa shape index (κ2) is 7.84. The molecule has 1 saturated heterocycles. The third kappa shape index (κ3) is 3.35. The Morgan fingerprint density at radius 1 is 0.844 bits per heavy atom. The number of fused-ring (bicyclic) bond motifs is 4. The summed E-state index contributed by atoms with van der Waals surface area (Å²) in [5.74, 6) is 0. The molecular formula is C25H25N7. The Kier molecular flexibility index (Phi) is 4.69. The lowest BCUT2D eigenvalue weighted by atomic mass is 10.0. The summed E-state index contributed by atoms with van der Waals surface area (Å²) in [6.07, 6.45) is 1.02. The lowest BCUT2D eigenvalue weighted by molar-refractivity contribution is 0.261. The third-order valence-electron chi connectivity index (χ3n) is 6.55. The summed E-state index contributed by atoms with van der Waals surface area (Å²) in [6.45, 7) is 7.31. The zero-order valence-electron chi connectivity index (χ0n) is 18.1. The average molecular weight is 424 g/mol. The SMILES string of the molecule is Cc1ccc2c(N3CCN(CCc4cccc5c4ccc4nnnn45)CC3)cccc2n1. The molecule has 0 N–H and O–H groups in total. The Bertz CT molecular complexity index is 1420. The number of nitrogens with zero attached hydrogens (tertiary/aromatic N) is 7. The van der Waals surface area contributed by atoms with Crippen LogP contribution in [-0.4, -0.2) is 62.6 Å². The van der Waals surface area contributed by atoms with Gasteiger partial charge >= 0.3 is 0 Å². The first kappa shape index (κ1) is 19.1. The van der Waals surface area contributed by atoms with Gasteiger partial charge in [-0.1, -0.05) is 18.2 Å². The van der Waals surface area contributed by atoms with Crippen LogP contribution >= 0.6 is 0 Å². The fourth-order valence-electron chi connectivity index (χ4n) is 4.83. The molecular weight excluding hydrogens is 398 g/mol. The summed E-state index contributed by atoms with van der Waals surface area (Å²) in [6, 6.07) is 21.3. The standard InChI is InChI=1S/C25H25N7/c1-18-8-9-21-22(26-18)5-3-6-23(21)31-16-14-30(15-17-31)13-12-19-4-2-7-24-20(19)10-11-25-27-28-29-32(24)25/h2-11H,12-17H2,1H3. The van der Waals surface area contributed by atoms with Crippen LogP contribution in [0.1, 0.15) is 11.3 Å². The molecule has 32 heavy (non-hydrogen) atoms. The van der Waals surface area contributed by atoms with E-state index in [4.69, 9.17) is 4.98 Å². The minimum atomic E-state index is 0.782. The van der Waals surface area contributed by atoms with Gasteiger partial charge in [0.25, 0.3) is 0 Å².